The Hall–Kier alpha value is -1.13. The van der Waals surface area contributed by atoms with Crippen molar-refractivity contribution in [1.29, 1.82) is 5.41 Å². The van der Waals surface area contributed by atoms with Gasteiger partial charge >= 0.3 is 0 Å². The van der Waals surface area contributed by atoms with Crippen LogP contribution in [0.3, 0.4) is 0 Å². The average molecular weight is 172 g/mol. The number of nitrogens with one attached hydrogen (secondary N) is 2. The molecule has 0 unspecified atom stereocenters. The fourth-order valence-electron chi connectivity index (χ4n) is 0.588. The normalized spacial score (nSPS) is 9.27. The molecule has 1 rings (SSSR count). The van der Waals surface area contributed by atoms with Crippen LogP contribution in [0.4, 0.5) is 0 Å². The first-order chi connectivity index (χ1) is 5.24. The molecule has 1 aromatic heterocycles. The number of aromatic nitrogens is 1. The zero-order valence-corrected chi connectivity index (χ0v) is 6.26. The van der Waals surface area contributed by atoms with Gasteiger partial charge in [-0.1, -0.05) is 11.6 Å². The number of pyridine rings is 1. The summed E-state index contributed by atoms with van der Waals surface area (Å²) in [5.41, 5.74) is 2.18. The van der Waals surface area contributed by atoms with Crippen LogP contribution < -0.4 is 5.48 Å². The summed E-state index contributed by atoms with van der Waals surface area (Å²) in [6, 6.07) is 3.13. The summed E-state index contributed by atoms with van der Waals surface area (Å²) in [5, 5.41) is 15.8. The van der Waals surface area contributed by atoms with Crippen molar-refractivity contribution in [3.63, 3.8) is 0 Å². The van der Waals surface area contributed by atoms with Crippen LogP contribution in [0, 0.1) is 5.41 Å². The van der Waals surface area contributed by atoms with E-state index in [-0.39, 0.29) is 5.84 Å². The summed E-state index contributed by atoms with van der Waals surface area (Å²) in [6.45, 7) is 0. The largest absolute Gasteiger partial charge is 0.290 e. The molecule has 0 aromatic carbocycles. The van der Waals surface area contributed by atoms with Gasteiger partial charge in [-0.2, -0.15) is 0 Å². The highest BCUT2D eigenvalue weighted by atomic mass is 35.5. The number of amidine groups is 1. The van der Waals surface area contributed by atoms with E-state index in [1.807, 2.05) is 0 Å². The zero-order chi connectivity index (χ0) is 8.27. The minimum atomic E-state index is -0.103. The first-order valence-electron chi connectivity index (χ1n) is 2.84. The molecule has 0 saturated carbocycles. The van der Waals surface area contributed by atoms with Crippen LogP contribution in [0.25, 0.3) is 0 Å². The van der Waals surface area contributed by atoms with Gasteiger partial charge in [0.05, 0.1) is 0 Å². The zero-order valence-electron chi connectivity index (χ0n) is 5.50. The standard InChI is InChI=1S/C6H6ClN3O/c7-5-2-1-4(3-9-5)6(8)10-11/h1-3,11H,(H2,8,10). The van der Waals surface area contributed by atoms with Crippen LogP contribution in [0.15, 0.2) is 18.3 Å². The van der Waals surface area contributed by atoms with E-state index >= 15 is 0 Å². The predicted octanol–water partition coefficient (Wildman–Crippen LogP) is 1.04. The second-order valence-corrected chi connectivity index (χ2v) is 2.24. The highest BCUT2D eigenvalue weighted by molar-refractivity contribution is 6.29. The van der Waals surface area contributed by atoms with Gasteiger partial charge in [-0.05, 0) is 12.1 Å². The van der Waals surface area contributed by atoms with Crippen LogP contribution in [-0.4, -0.2) is 16.0 Å². The minimum Gasteiger partial charge on any atom is -0.290 e. The SMILES string of the molecule is N=C(NO)c1ccc(Cl)nc1. The van der Waals surface area contributed by atoms with Gasteiger partial charge in [-0.25, -0.2) is 4.98 Å². The molecule has 0 bridgehead atoms. The summed E-state index contributed by atoms with van der Waals surface area (Å²) in [6.07, 6.45) is 1.40. The lowest BCUT2D eigenvalue weighted by atomic mass is 10.3. The van der Waals surface area contributed by atoms with Gasteiger partial charge in [-0.3, -0.25) is 16.1 Å². The maximum absolute atomic E-state index is 8.32. The molecule has 5 heteroatoms. The smallest absolute Gasteiger partial charge is 0.150 e. The highest BCUT2D eigenvalue weighted by Crippen LogP contribution is 2.04. The Balaban J connectivity index is 2.90. The van der Waals surface area contributed by atoms with Crippen molar-refractivity contribution in [3.8, 4) is 0 Å². The molecule has 1 heterocycles. The molecule has 0 aliphatic rings. The first-order valence-corrected chi connectivity index (χ1v) is 3.22. The summed E-state index contributed by atoms with van der Waals surface area (Å²) in [7, 11) is 0. The van der Waals surface area contributed by atoms with Gasteiger partial charge in [0.25, 0.3) is 0 Å². The summed E-state index contributed by atoms with van der Waals surface area (Å²) >= 11 is 5.50. The molecule has 0 fully saturated rings. The summed E-state index contributed by atoms with van der Waals surface area (Å²) < 4.78 is 0. The number of halogens is 1. The topological polar surface area (TPSA) is 69.0 Å². The maximum atomic E-state index is 8.32. The van der Waals surface area contributed by atoms with E-state index in [1.165, 1.54) is 6.20 Å². The fourth-order valence-corrected chi connectivity index (χ4v) is 0.700. The van der Waals surface area contributed by atoms with Crippen molar-refractivity contribution in [2.45, 2.75) is 0 Å². The lowest BCUT2D eigenvalue weighted by Crippen LogP contribution is -2.18. The Labute approximate surface area is 68.3 Å². The molecule has 0 saturated heterocycles. The van der Waals surface area contributed by atoms with E-state index in [0.717, 1.165) is 0 Å². The Morgan fingerprint density at radius 3 is 2.82 bits per heavy atom. The van der Waals surface area contributed by atoms with E-state index in [0.29, 0.717) is 10.7 Å². The minimum absolute atomic E-state index is 0.103. The summed E-state index contributed by atoms with van der Waals surface area (Å²) in [5.74, 6) is -0.103. The molecule has 3 N–H and O–H groups in total. The van der Waals surface area contributed by atoms with Crippen molar-refractivity contribution in [3.05, 3.63) is 29.0 Å². The molecule has 0 aliphatic carbocycles. The number of hydrogen-bond acceptors (Lipinski definition) is 3. The molecule has 4 nitrogen and oxygen atoms in total. The van der Waals surface area contributed by atoms with Gasteiger partial charge < -0.3 is 0 Å². The molecule has 0 radical (unpaired) electrons. The Morgan fingerprint density at radius 2 is 2.36 bits per heavy atom. The van der Waals surface area contributed by atoms with Crippen molar-refractivity contribution < 1.29 is 5.21 Å². The van der Waals surface area contributed by atoms with Crippen LogP contribution >= 0.6 is 11.6 Å². The van der Waals surface area contributed by atoms with E-state index < -0.39 is 0 Å². The van der Waals surface area contributed by atoms with E-state index in [9.17, 15) is 0 Å². The second-order valence-electron chi connectivity index (χ2n) is 1.86. The van der Waals surface area contributed by atoms with Crippen molar-refractivity contribution in [1.82, 2.24) is 10.5 Å². The lowest BCUT2D eigenvalue weighted by Gasteiger charge is -1.99. The molecular weight excluding hydrogens is 166 g/mol. The Morgan fingerprint density at radius 1 is 1.64 bits per heavy atom. The predicted molar refractivity (Wildman–Crippen MR) is 41.0 cm³/mol. The highest BCUT2D eigenvalue weighted by Gasteiger charge is 1.98. The van der Waals surface area contributed by atoms with E-state index in [1.54, 1.807) is 17.6 Å². The lowest BCUT2D eigenvalue weighted by molar-refractivity contribution is 0.234. The number of rotatable bonds is 1. The van der Waals surface area contributed by atoms with Crippen molar-refractivity contribution in [2.24, 2.45) is 0 Å². The molecular formula is C6H6ClN3O. The van der Waals surface area contributed by atoms with Crippen molar-refractivity contribution >= 4 is 17.4 Å². The average Bonchev–Trinajstić information content (AvgIpc) is 2.05. The quantitative estimate of drug-likeness (QED) is 0.256. The third kappa shape index (κ3) is 1.89. The molecule has 11 heavy (non-hydrogen) atoms. The van der Waals surface area contributed by atoms with Gasteiger partial charge in [0.2, 0.25) is 0 Å². The van der Waals surface area contributed by atoms with Crippen LogP contribution in [-0.2, 0) is 0 Å². The first kappa shape index (κ1) is 7.97. The number of hydrogen-bond donors (Lipinski definition) is 3. The van der Waals surface area contributed by atoms with Gasteiger partial charge in [0.15, 0.2) is 5.84 Å². The van der Waals surface area contributed by atoms with Gasteiger partial charge in [0, 0.05) is 11.8 Å². The van der Waals surface area contributed by atoms with Crippen LogP contribution in [0.2, 0.25) is 5.15 Å². The molecule has 1 aromatic rings. The van der Waals surface area contributed by atoms with E-state index in [4.69, 9.17) is 22.2 Å². The van der Waals surface area contributed by atoms with Gasteiger partial charge in [0.1, 0.15) is 5.15 Å². The van der Waals surface area contributed by atoms with Crippen molar-refractivity contribution in [2.75, 3.05) is 0 Å². The van der Waals surface area contributed by atoms with Crippen LogP contribution in [0.5, 0.6) is 0 Å². The fraction of sp³-hybridized carbons (Fsp3) is 0. The summed E-state index contributed by atoms with van der Waals surface area (Å²) in [4.78, 5) is 3.72. The number of nitrogens with zero attached hydrogens (tertiary/aromatic N) is 1. The Kier molecular flexibility index (Phi) is 2.40. The van der Waals surface area contributed by atoms with E-state index in [2.05, 4.69) is 4.98 Å². The van der Waals surface area contributed by atoms with Crippen LogP contribution in [0.1, 0.15) is 5.56 Å². The Bertz CT molecular complexity index is 259. The molecule has 0 atom stereocenters. The van der Waals surface area contributed by atoms with Gasteiger partial charge in [-0.15, -0.1) is 0 Å². The third-order valence-electron chi connectivity index (χ3n) is 1.13. The molecule has 58 valence electrons. The number of hydroxylamine groups is 1. The molecule has 0 spiro atoms. The third-order valence-corrected chi connectivity index (χ3v) is 1.35. The maximum Gasteiger partial charge on any atom is 0.150 e. The monoisotopic (exact) mass is 171 g/mol. The molecule has 0 amide bonds. The second kappa shape index (κ2) is 3.32. The molecule has 0 aliphatic heterocycles.